The van der Waals surface area contributed by atoms with Crippen molar-refractivity contribution in [2.24, 2.45) is 0 Å². The van der Waals surface area contributed by atoms with E-state index < -0.39 is 12.1 Å². The number of carbonyl (C=O) groups is 1. The van der Waals surface area contributed by atoms with E-state index in [0.29, 0.717) is 0 Å². The van der Waals surface area contributed by atoms with Gasteiger partial charge in [0.25, 0.3) is 0 Å². The third kappa shape index (κ3) is 1.99. The van der Waals surface area contributed by atoms with Crippen LogP contribution in [0.5, 0.6) is 0 Å². The molecule has 0 fully saturated rings. The first-order chi connectivity index (χ1) is 6.04. The molecule has 0 aliphatic heterocycles. The average Bonchev–Trinajstić information content (AvgIpc) is 2.08. The minimum absolute atomic E-state index is 0.168. The van der Waals surface area contributed by atoms with E-state index in [1.165, 1.54) is 6.07 Å². The summed E-state index contributed by atoms with van der Waals surface area (Å²) in [7, 11) is 0. The third-order valence-electron chi connectivity index (χ3n) is 1.74. The molecule has 1 aromatic carbocycles. The van der Waals surface area contributed by atoms with Crippen LogP contribution < -0.4 is 5.11 Å². The summed E-state index contributed by atoms with van der Waals surface area (Å²) in [6, 6.07) is 4.81. The zero-order valence-corrected chi connectivity index (χ0v) is 7.71. The molecular formula is C9H8ClO3-. The van der Waals surface area contributed by atoms with Gasteiger partial charge < -0.3 is 15.0 Å². The number of aryl methyl sites for hydroxylation is 1. The van der Waals surface area contributed by atoms with E-state index in [2.05, 4.69) is 0 Å². The molecule has 0 saturated carbocycles. The summed E-state index contributed by atoms with van der Waals surface area (Å²) in [5, 5.41) is 19.8. The summed E-state index contributed by atoms with van der Waals surface area (Å²) in [6.45, 7) is 1.73. The van der Waals surface area contributed by atoms with E-state index in [-0.39, 0.29) is 10.6 Å². The summed E-state index contributed by atoms with van der Waals surface area (Å²) in [6.07, 6.45) is -1.66. The third-order valence-corrected chi connectivity index (χ3v) is 2.26. The molecule has 70 valence electrons. The second kappa shape index (κ2) is 3.77. The van der Waals surface area contributed by atoms with Crippen molar-refractivity contribution in [1.29, 1.82) is 0 Å². The molecule has 0 radical (unpaired) electrons. The number of aliphatic carboxylic acids is 1. The summed E-state index contributed by atoms with van der Waals surface area (Å²) in [4.78, 5) is 10.3. The normalized spacial score (nSPS) is 12.5. The first-order valence-corrected chi connectivity index (χ1v) is 4.05. The van der Waals surface area contributed by atoms with Crippen molar-refractivity contribution in [2.75, 3.05) is 0 Å². The predicted molar refractivity (Wildman–Crippen MR) is 46.2 cm³/mol. The van der Waals surface area contributed by atoms with Crippen LogP contribution in [0.2, 0.25) is 5.02 Å². The molecule has 0 bridgehead atoms. The molecule has 1 aromatic rings. The van der Waals surface area contributed by atoms with Gasteiger partial charge in [-0.25, -0.2) is 0 Å². The standard InChI is InChI=1S/C9H9ClO3/c1-5-3-2-4-6(7(5)10)8(11)9(12)13/h2-4,8,11H,1H3,(H,12,13)/p-1. The molecule has 0 spiro atoms. The van der Waals surface area contributed by atoms with Crippen molar-refractivity contribution < 1.29 is 15.0 Å². The second-order valence-electron chi connectivity index (χ2n) is 2.70. The first kappa shape index (κ1) is 10.0. The molecule has 1 atom stereocenters. The van der Waals surface area contributed by atoms with Gasteiger partial charge >= 0.3 is 0 Å². The Balaban J connectivity index is 3.15. The number of benzene rings is 1. The number of aliphatic hydroxyl groups is 1. The molecule has 1 N–H and O–H groups in total. The van der Waals surface area contributed by atoms with Crippen molar-refractivity contribution in [3.63, 3.8) is 0 Å². The molecular weight excluding hydrogens is 192 g/mol. The van der Waals surface area contributed by atoms with Crippen LogP contribution in [0.4, 0.5) is 0 Å². The lowest BCUT2D eigenvalue weighted by molar-refractivity contribution is -0.315. The smallest absolute Gasteiger partial charge is 0.120 e. The fourth-order valence-electron chi connectivity index (χ4n) is 1.01. The topological polar surface area (TPSA) is 60.4 Å². The van der Waals surface area contributed by atoms with Gasteiger partial charge in [-0.2, -0.15) is 0 Å². The maximum Gasteiger partial charge on any atom is 0.120 e. The monoisotopic (exact) mass is 199 g/mol. The van der Waals surface area contributed by atoms with Crippen LogP contribution in [0.1, 0.15) is 17.2 Å². The Morgan fingerprint density at radius 3 is 2.77 bits per heavy atom. The maximum atomic E-state index is 10.3. The maximum absolute atomic E-state index is 10.3. The summed E-state index contributed by atoms with van der Waals surface area (Å²) >= 11 is 5.78. The Morgan fingerprint density at radius 1 is 1.62 bits per heavy atom. The molecule has 3 nitrogen and oxygen atoms in total. The van der Waals surface area contributed by atoms with E-state index in [1.54, 1.807) is 19.1 Å². The van der Waals surface area contributed by atoms with Gasteiger partial charge in [0.05, 0.1) is 5.97 Å². The van der Waals surface area contributed by atoms with E-state index in [4.69, 9.17) is 16.7 Å². The largest absolute Gasteiger partial charge is 0.547 e. The highest BCUT2D eigenvalue weighted by Crippen LogP contribution is 2.25. The van der Waals surface area contributed by atoms with Crippen molar-refractivity contribution in [3.05, 3.63) is 34.3 Å². The zero-order chi connectivity index (χ0) is 10.0. The minimum Gasteiger partial charge on any atom is -0.547 e. The van der Waals surface area contributed by atoms with Crippen LogP contribution >= 0.6 is 11.6 Å². The number of carboxylic acids is 1. The fourth-order valence-corrected chi connectivity index (χ4v) is 1.24. The fraction of sp³-hybridized carbons (Fsp3) is 0.222. The first-order valence-electron chi connectivity index (χ1n) is 3.68. The molecule has 0 saturated heterocycles. The highest BCUT2D eigenvalue weighted by molar-refractivity contribution is 6.32. The van der Waals surface area contributed by atoms with Gasteiger partial charge in [0.2, 0.25) is 0 Å². The van der Waals surface area contributed by atoms with Gasteiger partial charge in [-0.1, -0.05) is 29.8 Å². The Labute approximate surface area is 80.6 Å². The van der Waals surface area contributed by atoms with Gasteiger partial charge in [-0.05, 0) is 12.5 Å². The number of carbonyl (C=O) groups excluding carboxylic acids is 1. The number of aliphatic hydroxyl groups excluding tert-OH is 1. The van der Waals surface area contributed by atoms with Crippen LogP contribution in [0, 0.1) is 6.92 Å². The van der Waals surface area contributed by atoms with E-state index >= 15 is 0 Å². The zero-order valence-electron chi connectivity index (χ0n) is 6.95. The lowest BCUT2D eigenvalue weighted by Gasteiger charge is -2.14. The number of carboxylic acid groups (broad SMARTS) is 1. The van der Waals surface area contributed by atoms with E-state index in [0.717, 1.165) is 5.56 Å². The number of hydrogen-bond donors (Lipinski definition) is 1. The summed E-state index contributed by atoms with van der Waals surface area (Å²) in [5.74, 6) is -1.55. The number of hydrogen-bond acceptors (Lipinski definition) is 3. The van der Waals surface area contributed by atoms with Gasteiger partial charge in [0, 0.05) is 10.6 Å². The molecule has 0 heterocycles. The van der Waals surface area contributed by atoms with E-state index in [9.17, 15) is 9.90 Å². The van der Waals surface area contributed by atoms with Crippen LogP contribution in [-0.2, 0) is 4.79 Å². The number of rotatable bonds is 2. The van der Waals surface area contributed by atoms with Crippen LogP contribution in [0.15, 0.2) is 18.2 Å². The van der Waals surface area contributed by atoms with Crippen molar-refractivity contribution in [1.82, 2.24) is 0 Å². The Bertz CT molecular complexity index is 336. The summed E-state index contributed by atoms with van der Waals surface area (Å²) in [5.41, 5.74) is 0.890. The molecule has 0 amide bonds. The molecule has 4 heteroatoms. The van der Waals surface area contributed by atoms with E-state index in [1.807, 2.05) is 0 Å². The van der Waals surface area contributed by atoms with Crippen LogP contribution in [-0.4, -0.2) is 11.1 Å². The average molecular weight is 200 g/mol. The quantitative estimate of drug-likeness (QED) is 0.752. The van der Waals surface area contributed by atoms with Crippen molar-refractivity contribution in [3.8, 4) is 0 Å². The Hall–Kier alpha value is -1.06. The molecule has 0 aliphatic carbocycles. The van der Waals surface area contributed by atoms with Gasteiger partial charge in [-0.15, -0.1) is 0 Å². The molecule has 1 rings (SSSR count). The second-order valence-corrected chi connectivity index (χ2v) is 3.08. The molecule has 0 aromatic heterocycles. The van der Waals surface area contributed by atoms with Gasteiger partial charge in [0.15, 0.2) is 0 Å². The predicted octanol–water partition coefficient (Wildman–Crippen LogP) is 0.432. The van der Waals surface area contributed by atoms with Gasteiger partial charge in [-0.3, -0.25) is 0 Å². The minimum atomic E-state index is -1.66. The summed E-state index contributed by atoms with van der Waals surface area (Å²) < 4.78 is 0. The molecule has 1 unspecified atom stereocenters. The SMILES string of the molecule is Cc1cccc(C(O)C(=O)[O-])c1Cl. The number of halogens is 1. The Kier molecular flexibility index (Phi) is 2.90. The van der Waals surface area contributed by atoms with Crippen molar-refractivity contribution in [2.45, 2.75) is 13.0 Å². The lowest BCUT2D eigenvalue weighted by atomic mass is 10.1. The highest BCUT2D eigenvalue weighted by atomic mass is 35.5. The molecule has 13 heavy (non-hydrogen) atoms. The van der Waals surface area contributed by atoms with Crippen LogP contribution in [0.3, 0.4) is 0 Å². The van der Waals surface area contributed by atoms with Gasteiger partial charge in [0.1, 0.15) is 6.10 Å². The lowest BCUT2D eigenvalue weighted by Crippen LogP contribution is -2.29. The van der Waals surface area contributed by atoms with Crippen molar-refractivity contribution >= 4 is 17.6 Å². The highest BCUT2D eigenvalue weighted by Gasteiger charge is 2.12. The Morgan fingerprint density at radius 2 is 2.23 bits per heavy atom. The van der Waals surface area contributed by atoms with Crippen LogP contribution in [0.25, 0.3) is 0 Å². The molecule has 0 aliphatic rings.